The molecule has 4 heteroatoms. The molecule has 0 aromatic heterocycles. The third-order valence-electron chi connectivity index (χ3n) is 1.81. The van der Waals surface area contributed by atoms with E-state index in [1.807, 2.05) is 0 Å². The van der Waals surface area contributed by atoms with Gasteiger partial charge in [0.05, 0.1) is 0 Å². The van der Waals surface area contributed by atoms with Gasteiger partial charge in [-0.3, -0.25) is 5.32 Å². The van der Waals surface area contributed by atoms with Gasteiger partial charge in [-0.2, -0.15) is 0 Å². The van der Waals surface area contributed by atoms with Crippen LogP contribution in [0.5, 0.6) is 11.5 Å². The van der Waals surface area contributed by atoms with Gasteiger partial charge in [0.25, 0.3) is 0 Å². The second-order valence-corrected chi connectivity index (χ2v) is 3.11. The van der Waals surface area contributed by atoms with E-state index in [9.17, 15) is 4.79 Å². The quantitative estimate of drug-likeness (QED) is 0.809. The van der Waals surface area contributed by atoms with Gasteiger partial charge in [0.15, 0.2) is 17.6 Å². The largest absolute Gasteiger partial charge is 0.474 e. The number of ether oxygens (including phenoxy) is 2. The lowest BCUT2D eigenvalue weighted by molar-refractivity contribution is 0.199. The van der Waals surface area contributed by atoms with Crippen LogP contribution in [0.15, 0.2) is 37.0 Å². The zero-order valence-electron chi connectivity index (χ0n) is 9.47. The van der Waals surface area contributed by atoms with Crippen molar-refractivity contribution in [1.82, 2.24) is 5.32 Å². The molecule has 0 bridgehead atoms. The van der Waals surface area contributed by atoms with Gasteiger partial charge >= 0.3 is 6.09 Å². The van der Waals surface area contributed by atoms with Crippen LogP contribution in [0.2, 0.25) is 0 Å². The molecule has 88 valence electrons. The zero-order chi connectivity index (χ0) is 12.7. The summed E-state index contributed by atoms with van der Waals surface area (Å²) in [6.07, 6.45) is 5.41. The molecule has 1 aromatic rings. The minimum Gasteiger partial charge on any atom is -0.474 e. The Morgan fingerprint density at radius 2 is 2.18 bits per heavy atom. The maximum atomic E-state index is 11.2. The normalized spacial score (nSPS) is 10.8. The van der Waals surface area contributed by atoms with Crippen LogP contribution in [0, 0.1) is 12.3 Å². The lowest BCUT2D eigenvalue weighted by Gasteiger charge is -2.12. The van der Waals surface area contributed by atoms with E-state index in [-0.39, 0.29) is 0 Å². The lowest BCUT2D eigenvalue weighted by atomic mass is 10.3. The molecule has 0 saturated carbocycles. The average Bonchev–Trinajstić information content (AvgIpc) is 2.31. The predicted octanol–water partition coefficient (Wildman–Crippen LogP) is 2.32. The van der Waals surface area contributed by atoms with Crippen LogP contribution in [-0.2, 0) is 0 Å². The summed E-state index contributed by atoms with van der Waals surface area (Å²) in [5, 5.41) is 2.30. The van der Waals surface area contributed by atoms with Crippen LogP contribution in [0.4, 0.5) is 4.79 Å². The molecule has 0 heterocycles. The van der Waals surface area contributed by atoms with Crippen LogP contribution < -0.4 is 14.8 Å². The molecule has 1 rings (SSSR count). The van der Waals surface area contributed by atoms with E-state index in [2.05, 4.69) is 17.8 Å². The summed E-state index contributed by atoms with van der Waals surface area (Å²) in [5.41, 5.74) is 0. The highest BCUT2D eigenvalue weighted by atomic mass is 16.6. The standard InChI is InChI=1S/C13H13NO3/c1-4-10(3)16-11-8-6-7-9-12(11)17-13(15)14-5-2/h1,5-10H,2H2,3H3,(H,14,15). The van der Waals surface area contributed by atoms with Gasteiger partial charge in [-0.25, -0.2) is 4.79 Å². The van der Waals surface area contributed by atoms with Crippen molar-refractivity contribution in [3.8, 4) is 23.8 Å². The fourth-order valence-electron chi connectivity index (χ4n) is 1.07. The molecule has 0 saturated heterocycles. The number of benzene rings is 1. The fourth-order valence-corrected chi connectivity index (χ4v) is 1.07. The van der Waals surface area contributed by atoms with E-state index >= 15 is 0 Å². The first-order valence-electron chi connectivity index (χ1n) is 4.98. The van der Waals surface area contributed by atoms with Crippen molar-refractivity contribution in [1.29, 1.82) is 0 Å². The number of rotatable bonds is 4. The zero-order valence-corrected chi connectivity index (χ0v) is 9.47. The first-order chi connectivity index (χ1) is 8.17. The maximum Gasteiger partial charge on any atom is 0.416 e. The number of terminal acetylenes is 1. The first-order valence-corrected chi connectivity index (χ1v) is 4.98. The van der Waals surface area contributed by atoms with Gasteiger partial charge in [-0.15, -0.1) is 6.42 Å². The highest BCUT2D eigenvalue weighted by Crippen LogP contribution is 2.27. The van der Waals surface area contributed by atoms with Crippen LogP contribution in [0.25, 0.3) is 0 Å². The van der Waals surface area contributed by atoms with Crippen molar-refractivity contribution >= 4 is 6.09 Å². The molecule has 1 atom stereocenters. The third-order valence-corrected chi connectivity index (χ3v) is 1.81. The smallest absolute Gasteiger partial charge is 0.416 e. The monoisotopic (exact) mass is 231 g/mol. The van der Waals surface area contributed by atoms with Crippen molar-refractivity contribution in [3.63, 3.8) is 0 Å². The molecule has 1 unspecified atom stereocenters. The Balaban J connectivity index is 2.81. The van der Waals surface area contributed by atoms with Crippen molar-refractivity contribution in [2.75, 3.05) is 0 Å². The Kier molecular flexibility index (Phi) is 4.64. The summed E-state index contributed by atoms with van der Waals surface area (Å²) in [7, 11) is 0. The number of hydrogen-bond acceptors (Lipinski definition) is 3. The first kappa shape index (κ1) is 12.7. The summed E-state index contributed by atoms with van der Waals surface area (Å²) in [6, 6.07) is 6.77. The SMILES string of the molecule is C#CC(C)Oc1ccccc1OC(=O)NC=C. The van der Waals surface area contributed by atoms with E-state index in [1.54, 1.807) is 31.2 Å². The molecule has 0 aliphatic heterocycles. The van der Waals surface area contributed by atoms with E-state index < -0.39 is 12.2 Å². The van der Waals surface area contributed by atoms with Gasteiger partial charge < -0.3 is 9.47 Å². The average molecular weight is 231 g/mol. The Hall–Kier alpha value is -2.41. The van der Waals surface area contributed by atoms with Crippen LogP contribution >= 0.6 is 0 Å². The van der Waals surface area contributed by atoms with Crippen LogP contribution in [-0.4, -0.2) is 12.2 Å². The minimum atomic E-state index is -0.635. The summed E-state index contributed by atoms with van der Waals surface area (Å²) in [5.74, 6) is 3.14. The van der Waals surface area contributed by atoms with E-state index in [1.165, 1.54) is 6.20 Å². The van der Waals surface area contributed by atoms with Gasteiger partial charge in [-0.1, -0.05) is 24.6 Å². The van der Waals surface area contributed by atoms with Gasteiger partial charge in [-0.05, 0) is 25.3 Å². The predicted molar refractivity (Wildman–Crippen MR) is 64.7 cm³/mol. The maximum absolute atomic E-state index is 11.2. The fraction of sp³-hybridized carbons (Fsp3) is 0.154. The summed E-state index contributed by atoms with van der Waals surface area (Å²) in [4.78, 5) is 11.2. The Morgan fingerprint density at radius 3 is 2.76 bits per heavy atom. The summed E-state index contributed by atoms with van der Waals surface area (Å²) in [6.45, 7) is 5.08. The molecule has 0 spiro atoms. The van der Waals surface area contributed by atoms with Crippen molar-refractivity contribution in [3.05, 3.63) is 37.0 Å². The molecule has 0 aliphatic carbocycles. The molecule has 1 amide bonds. The van der Waals surface area contributed by atoms with E-state index in [0.717, 1.165) is 0 Å². The number of carbonyl (C=O) groups excluding carboxylic acids is 1. The summed E-state index contributed by atoms with van der Waals surface area (Å²) >= 11 is 0. The van der Waals surface area contributed by atoms with E-state index in [0.29, 0.717) is 11.5 Å². The molecule has 4 nitrogen and oxygen atoms in total. The minimum absolute atomic E-state index is 0.300. The Bertz CT molecular complexity index is 448. The Morgan fingerprint density at radius 1 is 1.53 bits per heavy atom. The second-order valence-electron chi connectivity index (χ2n) is 3.11. The molecule has 17 heavy (non-hydrogen) atoms. The van der Waals surface area contributed by atoms with E-state index in [4.69, 9.17) is 15.9 Å². The molecule has 0 radical (unpaired) electrons. The molecular formula is C13H13NO3. The number of hydrogen-bond donors (Lipinski definition) is 1. The third kappa shape index (κ3) is 3.92. The second kappa shape index (κ2) is 6.23. The molecular weight excluding hydrogens is 218 g/mol. The number of nitrogens with one attached hydrogen (secondary N) is 1. The van der Waals surface area contributed by atoms with Gasteiger partial charge in [0, 0.05) is 0 Å². The molecule has 0 fully saturated rings. The number of amides is 1. The van der Waals surface area contributed by atoms with Crippen molar-refractivity contribution in [2.45, 2.75) is 13.0 Å². The van der Waals surface area contributed by atoms with Crippen molar-refractivity contribution in [2.24, 2.45) is 0 Å². The molecule has 0 aliphatic rings. The lowest BCUT2D eigenvalue weighted by Crippen LogP contribution is -2.21. The van der Waals surface area contributed by atoms with Gasteiger partial charge in [0.1, 0.15) is 0 Å². The van der Waals surface area contributed by atoms with Crippen LogP contribution in [0.3, 0.4) is 0 Å². The number of para-hydroxylation sites is 2. The molecule has 1 N–H and O–H groups in total. The molecule has 1 aromatic carbocycles. The summed E-state index contributed by atoms with van der Waals surface area (Å²) < 4.78 is 10.4. The number of carbonyl (C=O) groups is 1. The highest BCUT2D eigenvalue weighted by molar-refractivity contribution is 5.72. The van der Waals surface area contributed by atoms with Gasteiger partial charge in [0.2, 0.25) is 0 Å². The topological polar surface area (TPSA) is 47.6 Å². The highest BCUT2D eigenvalue weighted by Gasteiger charge is 2.10. The van der Waals surface area contributed by atoms with Crippen molar-refractivity contribution < 1.29 is 14.3 Å². The van der Waals surface area contributed by atoms with Crippen LogP contribution in [0.1, 0.15) is 6.92 Å². The Labute approximate surface area is 100 Å².